The van der Waals surface area contributed by atoms with Crippen LogP contribution in [-0.2, 0) is 0 Å². The van der Waals surface area contributed by atoms with E-state index in [1.165, 1.54) is 51.7 Å². The maximum Gasteiger partial charge on any atom is 0.00793 e. The van der Waals surface area contributed by atoms with Crippen LogP contribution in [0.1, 0.15) is 52.9 Å². The standard InChI is InChI=1S/C15H30N2/c1-15(2,3)13-8-9-17(11-13)10-12-6-4-5-7-14(12)16/h12-14H,4-11,16H2,1-3H3. The molecule has 2 fully saturated rings. The summed E-state index contributed by atoms with van der Waals surface area (Å²) in [5.74, 6) is 1.64. The number of likely N-dealkylation sites (tertiary alicyclic amines) is 1. The third-order valence-electron chi connectivity index (χ3n) is 4.96. The number of hydrogen-bond donors (Lipinski definition) is 1. The second-order valence-electron chi connectivity index (χ2n) is 7.32. The molecule has 2 aliphatic rings. The molecule has 100 valence electrons. The topological polar surface area (TPSA) is 29.3 Å². The maximum absolute atomic E-state index is 6.25. The lowest BCUT2D eigenvalue weighted by molar-refractivity contribution is 0.185. The van der Waals surface area contributed by atoms with Gasteiger partial charge in [-0.2, -0.15) is 0 Å². The van der Waals surface area contributed by atoms with Gasteiger partial charge in [-0.25, -0.2) is 0 Å². The average molecular weight is 238 g/mol. The van der Waals surface area contributed by atoms with Crippen molar-refractivity contribution in [1.82, 2.24) is 4.90 Å². The SMILES string of the molecule is CC(C)(C)C1CCN(CC2CCCCC2N)C1. The highest BCUT2D eigenvalue weighted by Gasteiger charge is 2.33. The molecule has 1 saturated heterocycles. The summed E-state index contributed by atoms with van der Waals surface area (Å²) in [4.78, 5) is 2.67. The second kappa shape index (κ2) is 5.27. The molecule has 0 amide bonds. The van der Waals surface area contributed by atoms with Crippen LogP contribution in [0.25, 0.3) is 0 Å². The predicted molar refractivity (Wildman–Crippen MR) is 73.9 cm³/mol. The molecular formula is C15H30N2. The number of nitrogens with zero attached hydrogens (tertiary/aromatic N) is 1. The van der Waals surface area contributed by atoms with Gasteiger partial charge in [0.2, 0.25) is 0 Å². The summed E-state index contributed by atoms with van der Waals surface area (Å²) in [7, 11) is 0. The Morgan fingerprint density at radius 3 is 2.41 bits per heavy atom. The van der Waals surface area contributed by atoms with Gasteiger partial charge < -0.3 is 10.6 Å². The minimum Gasteiger partial charge on any atom is -0.327 e. The van der Waals surface area contributed by atoms with Crippen LogP contribution in [0.4, 0.5) is 0 Å². The zero-order valence-corrected chi connectivity index (χ0v) is 11.9. The van der Waals surface area contributed by atoms with Crippen LogP contribution < -0.4 is 5.73 Å². The van der Waals surface area contributed by atoms with E-state index in [0.29, 0.717) is 11.5 Å². The third-order valence-corrected chi connectivity index (χ3v) is 4.96. The molecule has 2 nitrogen and oxygen atoms in total. The van der Waals surface area contributed by atoms with Crippen molar-refractivity contribution in [2.75, 3.05) is 19.6 Å². The van der Waals surface area contributed by atoms with Gasteiger partial charge in [0, 0.05) is 19.1 Å². The van der Waals surface area contributed by atoms with Crippen LogP contribution >= 0.6 is 0 Å². The Balaban J connectivity index is 1.81. The first kappa shape index (κ1) is 13.4. The fourth-order valence-corrected chi connectivity index (χ4v) is 3.50. The van der Waals surface area contributed by atoms with E-state index in [2.05, 4.69) is 25.7 Å². The van der Waals surface area contributed by atoms with E-state index >= 15 is 0 Å². The van der Waals surface area contributed by atoms with Crippen molar-refractivity contribution in [2.24, 2.45) is 23.0 Å². The first-order valence-electron chi connectivity index (χ1n) is 7.45. The van der Waals surface area contributed by atoms with Gasteiger partial charge in [0.25, 0.3) is 0 Å². The lowest BCUT2D eigenvalue weighted by Gasteiger charge is -2.33. The maximum atomic E-state index is 6.25. The molecule has 3 atom stereocenters. The van der Waals surface area contributed by atoms with E-state index < -0.39 is 0 Å². The van der Waals surface area contributed by atoms with E-state index in [-0.39, 0.29) is 0 Å². The van der Waals surface area contributed by atoms with Crippen molar-refractivity contribution in [2.45, 2.75) is 58.9 Å². The predicted octanol–water partition coefficient (Wildman–Crippen LogP) is 2.87. The molecule has 0 aromatic rings. The van der Waals surface area contributed by atoms with Gasteiger partial charge >= 0.3 is 0 Å². The molecule has 1 heterocycles. The first-order valence-corrected chi connectivity index (χ1v) is 7.45. The molecule has 2 rings (SSSR count). The molecule has 0 aromatic carbocycles. The van der Waals surface area contributed by atoms with Gasteiger partial charge in [0.15, 0.2) is 0 Å². The van der Waals surface area contributed by atoms with Gasteiger partial charge in [-0.15, -0.1) is 0 Å². The second-order valence-corrected chi connectivity index (χ2v) is 7.32. The molecule has 2 N–H and O–H groups in total. The Hall–Kier alpha value is -0.0800. The minimum absolute atomic E-state index is 0.470. The highest BCUT2D eigenvalue weighted by molar-refractivity contribution is 4.87. The Bertz CT molecular complexity index is 244. The first-order chi connectivity index (χ1) is 7.97. The van der Waals surface area contributed by atoms with Gasteiger partial charge in [0.05, 0.1) is 0 Å². The van der Waals surface area contributed by atoms with E-state index in [0.717, 1.165) is 11.8 Å². The van der Waals surface area contributed by atoms with Gasteiger partial charge in [-0.3, -0.25) is 0 Å². The summed E-state index contributed by atoms with van der Waals surface area (Å²) in [5.41, 5.74) is 6.73. The Kier molecular flexibility index (Phi) is 4.14. The Morgan fingerprint density at radius 1 is 1.12 bits per heavy atom. The quantitative estimate of drug-likeness (QED) is 0.801. The smallest absolute Gasteiger partial charge is 0.00793 e. The molecule has 2 heteroatoms. The normalized spacial score (nSPS) is 36.4. The Morgan fingerprint density at radius 2 is 1.82 bits per heavy atom. The van der Waals surface area contributed by atoms with Crippen molar-refractivity contribution in [3.05, 3.63) is 0 Å². The summed E-state index contributed by atoms with van der Waals surface area (Å²) < 4.78 is 0. The van der Waals surface area contributed by atoms with Crippen LogP contribution in [0.15, 0.2) is 0 Å². The largest absolute Gasteiger partial charge is 0.327 e. The zero-order valence-electron chi connectivity index (χ0n) is 11.9. The van der Waals surface area contributed by atoms with E-state index in [1.807, 2.05) is 0 Å². The van der Waals surface area contributed by atoms with Gasteiger partial charge in [0.1, 0.15) is 0 Å². The monoisotopic (exact) mass is 238 g/mol. The van der Waals surface area contributed by atoms with E-state index in [9.17, 15) is 0 Å². The molecule has 0 aromatic heterocycles. The van der Waals surface area contributed by atoms with Crippen LogP contribution in [-0.4, -0.2) is 30.6 Å². The van der Waals surface area contributed by atoms with Gasteiger partial charge in [-0.05, 0) is 43.1 Å². The lowest BCUT2D eigenvalue weighted by Crippen LogP contribution is -2.40. The fourth-order valence-electron chi connectivity index (χ4n) is 3.50. The molecule has 1 aliphatic carbocycles. The summed E-state index contributed by atoms with van der Waals surface area (Å²) >= 11 is 0. The van der Waals surface area contributed by atoms with E-state index in [4.69, 9.17) is 5.73 Å². The fraction of sp³-hybridized carbons (Fsp3) is 1.00. The average Bonchev–Trinajstić information content (AvgIpc) is 2.69. The third kappa shape index (κ3) is 3.45. The van der Waals surface area contributed by atoms with Gasteiger partial charge in [-0.1, -0.05) is 33.6 Å². The van der Waals surface area contributed by atoms with Crippen LogP contribution in [0.2, 0.25) is 0 Å². The molecule has 3 unspecified atom stereocenters. The number of rotatable bonds is 2. The minimum atomic E-state index is 0.470. The summed E-state index contributed by atoms with van der Waals surface area (Å²) in [6, 6.07) is 0.470. The molecule has 1 aliphatic heterocycles. The summed E-state index contributed by atoms with van der Waals surface area (Å²) in [6.07, 6.45) is 6.74. The number of nitrogens with two attached hydrogens (primary N) is 1. The van der Waals surface area contributed by atoms with Crippen LogP contribution in [0.3, 0.4) is 0 Å². The van der Waals surface area contributed by atoms with E-state index in [1.54, 1.807) is 0 Å². The molecule has 1 saturated carbocycles. The number of hydrogen-bond acceptors (Lipinski definition) is 2. The van der Waals surface area contributed by atoms with Crippen molar-refractivity contribution >= 4 is 0 Å². The summed E-state index contributed by atoms with van der Waals surface area (Å²) in [5, 5.41) is 0. The molecule has 0 radical (unpaired) electrons. The van der Waals surface area contributed by atoms with Crippen LogP contribution in [0.5, 0.6) is 0 Å². The molecule has 0 spiro atoms. The van der Waals surface area contributed by atoms with Crippen molar-refractivity contribution in [3.8, 4) is 0 Å². The lowest BCUT2D eigenvalue weighted by atomic mass is 9.80. The molecule has 0 bridgehead atoms. The van der Waals surface area contributed by atoms with Crippen LogP contribution in [0, 0.1) is 17.3 Å². The molecular weight excluding hydrogens is 208 g/mol. The Labute approximate surface area is 107 Å². The van der Waals surface area contributed by atoms with Crippen molar-refractivity contribution in [1.29, 1.82) is 0 Å². The highest BCUT2D eigenvalue weighted by Crippen LogP contribution is 2.34. The van der Waals surface area contributed by atoms with Crippen molar-refractivity contribution < 1.29 is 0 Å². The summed E-state index contributed by atoms with van der Waals surface area (Å²) in [6.45, 7) is 11.0. The zero-order chi connectivity index (χ0) is 12.5. The highest BCUT2D eigenvalue weighted by atomic mass is 15.2. The molecule has 17 heavy (non-hydrogen) atoms. The van der Waals surface area contributed by atoms with Crippen molar-refractivity contribution in [3.63, 3.8) is 0 Å².